The molecule has 2 atom stereocenters. The summed E-state index contributed by atoms with van der Waals surface area (Å²) in [6.07, 6.45) is -1.90. The lowest BCUT2D eigenvalue weighted by atomic mass is 10.1. The van der Waals surface area contributed by atoms with Crippen molar-refractivity contribution in [1.29, 1.82) is 0 Å². The minimum atomic E-state index is -0.547. The molecule has 0 aromatic heterocycles. The van der Waals surface area contributed by atoms with Gasteiger partial charge in [0.2, 0.25) is 0 Å². The van der Waals surface area contributed by atoms with Crippen molar-refractivity contribution in [2.75, 3.05) is 111 Å². The third-order valence-electron chi connectivity index (χ3n) is 11.9. The lowest BCUT2D eigenvalue weighted by Gasteiger charge is -2.36. The molecule has 20 heteroatoms. The van der Waals surface area contributed by atoms with Gasteiger partial charge < -0.3 is 50.0 Å². The first kappa shape index (κ1) is 48.6. The van der Waals surface area contributed by atoms with Crippen LogP contribution >= 0.6 is 0 Å². The minimum Gasteiger partial charge on any atom is -0.452 e. The average Bonchev–Trinajstić information content (AvgIpc) is 3.94. The van der Waals surface area contributed by atoms with Crippen LogP contribution in [-0.4, -0.2) is 150 Å². The van der Waals surface area contributed by atoms with E-state index in [1.807, 2.05) is 23.6 Å². The van der Waals surface area contributed by atoms with Gasteiger partial charge in [-0.25, -0.2) is 28.0 Å². The van der Waals surface area contributed by atoms with Crippen LogP contribution in [0.5, 0.6) is 0 Å². The number of hydrogen-bond acceptors (Lipinski definition) is 14. The highest BCUT2D eigenvalue weighted by molar-refractivity contribution is 5.93. The van der Waals surface area contributed by atoms with Gasteiger partial charge >= 0.3 is 24.1 Å². The lowest BCUT2D eigenvalue weighted by molar-refractivity contribution is -0.135. The molecule has 0 aliphatic carbocycles. The summed E-state index contributed by atoms with van der Waals surface area (Å²) < 4.78 is 50.3. The molecule has 4 aliphatic rings. The van der Waals surface area contributed by atoms with Crippen molar-refractivity contribution >= 4 is 58.7 Å². The predicted octanol–water partition coefficient (Wildman–Crippen LogP) is 3.85. The van der Waals surface area contributed by atoms with Gasteiger partial charge in [-0.3, -0.25) is 19.4 Å². The van der Waals surface area contributed by atoms with E-state index in [1.165, 1.54) is 21.9 Å². The molecule has 0 bridgehead atoms. The van der Waals surface area contributed by atoms with Gasteiger partial charge in [-0.2, -0.15) is 0 Å². The molecule has 360 valence electrons. The number of benzene rings is 4. The van der Waals surface area contributed by atoms with Crippen molar-refractivity contribution in [3.63, 3.8) is 0 Å². The molecule has 0 radical (unpaired) electrons. The molecule has 4 saturated heterocycles. The summed E-state index contributed by atoms with van der Waals surface area (Å²) in [6, 6.07) is 23.0. The number of piperazine rings is 2. The summed E-state index contributed by atoms with van der Waals surface area (Å²) >= 11 is 0. The number of hydrogen-bond donors (Lipinski definition) is 2. The predicted molar refractivity (Wildman–Crippen MR) is 247 cm³/mol. The molecule has 0 unspecified atom stereocenters. The molecule has 4 N–H and O–H groups in total. The monoisotopic (exact) mass is 940 g/mol. The van der Waals surface area contributed by atoms with Gasteiger partial charge in [-0.05, 0) is 74.5 Å². The molecular weight excluding hydrogens is 887 g/mol. The lowest BCUT2D eigenvalue weighted by Crippen LogP contribution is -2.50. The van der Waals surface area contributed by atoms with Crippen LogP contribution in [0.3, 0.4) is 0 Å². The molecule has 4 fully saturated rings. The Morgan fingerprint density at radius 2 is 0.912 bits per heavy atom. The Balaban J connectivity index is 0.000000201. The van der Waals surface area contributed by atoms with E-state index in [-0.39, 0.29) is 51.2 Å². The highest BCUT2D eigenvalue weighted by Crippen LogP contribution is 2.30. The minimum absolute atomic E-state index is 0.205. The Morgan fingerprint density at radius 3 is 1.22 bits per heavy atom. The molecule has 68 heavy (non-hydrogen) atoms. The highest BCUT2D eigenvalue weighted by Gasteiger charge is 2.34. The van der Waals surface area contributed by atoms with E-state index in [2.05, 4.69) is 0 Å². The molecule has 0 spiro atoms. The van der Waals surface area contributed by atoms with E-state index in [1.54, 1.807) is 82.6 Å². The number of carbonyl (C=O) groups excluding carboxylic acids is 6. The second kappa shape index (κ2) is 22.0. The smallest absolute Gasteiger partial charge is 0.414 e. The number of halogens is 2. The SMILES string of the molecule is Cc1ccc(C(=O)OCC(=O)N2CCN(c3ccc(N4C[C@H](CN)OC4=O)cc3F)CC2)cc1.Cc1ccc(C(=O)OCC(=O)N2CCN(c3ccc(N4C[C@H](CN)OC4=O)cc3F)CC2)cc1. The van der Waals surface area contributed by atoms with Crippen LogP contribution in [-0.2, 0) is 28.5 Å². The van der Waals surface area contributed by atoms with Crippen LogP contribution in [0, 0.1) is 25.5 Å². The fraction of sp³-hybridized carbons (Fsp3) is 0.375. The normalized spacial score (nSPS) is 18.1. The maximum atomic E-state index is 14.9. The average molecular weight is 941 g/mol. The number of carbonyl (C=O) groups is 6. The standard InChI is InChI=1S/2C24H27FN4O5/c2*1-16-2-4-17(5-3-16)23(31)33-15-22(30)28-10-8-27(9-11-28)21-7-6-18(12-20(21)25)29-14-19(13-26)34-24(29)32/h2*2-7,12,19H,8-11,13-15,26H2,1H3/t2*19-/m00/s1. The van der Waals surface area contributed by atoms with E-state index >= 15 is 0 Å². The number of amides is 4. The van der Waals surface area contributed by atoms with E-state index in [0.717, 1.165) is 11.1 Å². The first-order chi connectivity index (χ1) is 32.7. The van der Waals surface area contributed by atoms with Crippen molar-refractivity contribution in [2.24, 2.45) is 11.5 Å². The maximum absolute atomic E-state index is 14.9. The van der Waals surface area contributed by atoms with Gasteiger partial charge in [0.1, 0.15) is 23.8 Å². The van der Waals surface area contributed by atoms with Crippen molar-refractivity contribution in [3.05, 3.63) is 119 Å². The van der Waals surface area contributed by atoms with E-state index < -0.39 is 48.0 Å². The van der Waals surface area contributed by atoms with E-state index in [0.29, 0.717) is 86.2 Å². The fourth-order valence-electron chi connectivity index (χ4n) is 7.93. The van der Waals surface area contributed by atoms with Crippen molar-refractivity contribution < 1.29 is 56.5 Å². The molecule has 18 nitrogen and oxygen atoms in total. The van der Waals surface area contributed by atoms with Crippen molar-refractivity contribution in [2.45, 2.75) is 26.1 Å². The molecule has 4 amide bonds. The largest absolute Gasteiger partial charge is 0.452 e. The first-order valence-corrected chi connectivity index (χ1v) is 22.2. The van der Waals surface area contributed by atoms with E-state index in [9.17, 15) is 37.5 Å². The first-order valence-electron chi connectivity index (χ1n) is 22.2. The van der Waals surface area contributed by atoms with Gasteiger partial charge in [0.25, 0.3) is 11.8 Å². The Morgan fingerprint density at radius 1 is 0.559 bits per heavy atom. The number of nitrogens with two attached hydrogens (primary N) is 2. The third-order valence-corrected chi connectivity index (χ3v) is 11.9. The maximum Gasteiger partial charge on any atom is 0.414 e. The van der Waals surface area contributed by atoms with Crippen LogP contribution in [0.1, 0.15) is 31.8 Å². The second-order valence-corrected chi connectivity index (χ2v) is 16.6. The number of rotatable bonds is 12. The number of ether oxygens (including phenoxy) is 4. The quantitative estimate of drug-likeness (QED) is 0.153. The summed E-state index contributed by atoms with van der Waals surface area (Å²) in [7, 11) is 0. The van der Waals surface area contributed by atoms with Gasteiger partial charge in [0, 0.05) is 65.4 Å². The fourth-order valence-corrected chi connectivity index (χ4v) is 7.93. The Bertz CT molecular complexity index is 2310. The van der Waals surface area contributed by atoms with Gasteiger partial charge in [-0.15, -0.1) is 0 Å². The zero-order valence-electron chi connectivity index (χ0n) is 37.8. The summed E-state index contributed by atoms with van der Waals surface area (Å²) in [5.41, 5.74) is 15.5. The van der Waals surface area contributed by atoms with Gasteiger partial charge in [-0.1, -0.05) is 35.4 Å². The Labute approximate surface area is 391 Å². The summed E-state index contributed by atoms with van der Waals surface area (Å²) in [6.45, 7) is 7.32. The topological polar surface area (TPSA) is 211 Å². The molecule has 4 aliphatic heterocycles. The molecule has 4 aromatic carbocycles. The third kappa shape index (κ3) is 11.8. The van der Waals surface area contributed by atoms with Crippen LogP contribution in [0.25, 0.3) is 0 Å². The van der Waals surface area contributed by atoms with Crippen LogP contribution in [0.15, 0.2) is 84.9 Å². The highest BCUT2D eigenvalue weighted by atomic mass is 19.1. The Hall–Kier alpha value is -7.32. The number of anilines is 4. The molecular formula is C48H54F2N8O10. The molecule has 0 saturated carbocycles. The van der Waals surface area contributed by atoms with Crippen LogP contribution < -0.4 is 31.1 Å². The van der Waals surface area contributed by atoms with E-state index in [4.69, 9.17) is 30.4 Å². The van der Waals surface area contributed by atoms with Gasteiger partial charge in [0.05, 0.1) is 47.0 Å². The number of cyclic esters (lactones) is 2. The van der Waals surface area contributed by atoms with Crippen molar-refractivity contribution in [1.82, 2.24) is 9.80 Å². The molecule has 4 aromatic rings. The van der Waals surface area contributed by atoms with Crippen molar-refractivity contribution in [3.8, 4) is 0 Å². The number of esters is 2. The summed E-state index contributed by atoms with van der Waals surface area (Å²) in [4.78, 5) is 82.7. The van der Waals surface area contributed by atoms with Crippen LogP contribution in [0.4, 0.5) is 41.1 Å². The summed E-state index contributed by atoms with van der Waals surface area (Å²) in [5, 5.41) is 0. The zero-order valence-corrected chi connectivity index (χ0v) is 37.8. The van der Waals surface area contributed by atoms with Crippen LogP contribution in [0.2, 0.25) is 0 Å². The molecule has 8 rings (SSSR count). The zero-order chi connectivity index (χ0) is 48.5. The van der Waals surface area contributed by atoms with Gasteiger partial charge in [0.15, 0.2) is 13.2 Å². The Kier molecular flexibility index (Phi) is 15.7. The summed E-state index contributed by atoms with van der Waals surface area (Å²) in [5.74, 6) is -2.61. The molecule has 4 heterocycles. The second-order valence-electron chi connectivity index (χ2n) is 16.6. The number of aryl methyl sites for hydroxylation is 2. The number of nitrogens with zero attached hydrogens (tertiary/aromatic N) is 6.